The summed E-state index contributed by atoms with van der Waals surface area (Å²) in [5, 5.41) is 4.86. The highest BCUT2D eigenvalue weighted by Crippen LogP contribution is 2.48. The van der Waals surface area contributed by atoms with Gasteiger partial charge < -0.3 is 4.90 Å². The summed E-state index contributed by atoms with van der Waals surface area (Å²) in [4.78, 5) is 2.42. The largest absolute Gasteiger partial charge is 0.310 e. The second-order valence-corrected chi connectivity index (χ2v) is 16.0. The number of hydrogen-bond acceptors (Lipinski definition) is 1. The Morgan fingerprint density at radius 3 is 1.32 bits per heavy atom. The average molecular weight is 802 g/mol. The molecule has 11 aromatic rings. The summed E-state index contributed by atoms with van der Waals surface area (Å²) in [5.74, 6) is 0. The SMILES string of the molecule is c1ccc(-c2ccc(N(c3ccc(-c4cccc5ccccc45)cc3)c3ccc(-c4cccc(-c5ccccc5)c4-c4ccccc4-c4ccccc4)c4ccccc34)cc2)cc1. The summed E-state index contributed by atoms with van der Waals surface area (Å²) in [7, 11) is 0. The van der Waals surface area contributed by atoms with Crippen molar-refractivity contribution in [2.75, 3.05) is 4.90 Å². The molecule has 11 rings (SSSR count). The first-order valence-corrected chi connectivity index (χ1v) is 21.7. The van der Waals surface area contributed by atoms with Gasteiger partial charge in [0.2, 0.25) is 0 Å². The van der Waals surface area contributed by atoms with Gasteiger partial charge >= 0.3 is 0 Å². The van der Waals surface area contributed by atoms with Crippen LogP contribution in [0.2, 0.25) is 0 Å². The predicted molar refractivity (Wildman–Crippen MR) is 269 cm³/mol. The Morgan fingerprint density at radius 2 is 0.635 bits per heavy atom. The van der Waals surface area contributed by atoms with Crippen molar-refractivity contribution in [3.05, 3.63) is 261 Å². The summed E-state index contributed by atoms with van der Waals surface area (Å²) < 4.78 is 0. The minimum absolute atomic E-state index is 1.09. The minimum Gasteiger partial charge on any atom is -0.310 e. The summed E-state index contributed by atoms with van der Waals surface area (Å²) >= 11 is 0. The summed E-state index contributed by atoms with van der Waals surface area (Å²) in [5.41, 5.74) is 17.7. The van der Waals surface area contributed by atoms with Crippen molar-refractivity contribution in [3.63, 3.8) is 0 Å². The third-order valence-electron chi connectivity index (χ3n) is 12.3. The molecule has 0 aliphatic rings. The zero-order valence-electron chi connectivity index (χ0n) is 34.8. The maximum Gasteiger partial charge on any atom is 0.0540 e. The Hall–Kier alpha value is -8.26. The maximum absolute atomic E-state index is 2.42. The monoisotopic (exact) mass is 801 g/mol. The van der Waals surface area contributed by atoms with E-state index in [2.05, 4.69) is 266 Å². The van der Waals surface area contributed by atoms with Gasteiger partial charge in [-0.3, -0.25) is 0 Å². The third-order valence-corrected chi connectivity index (χ3v) is 12.3. The number of anilines is 3. The lowest BCUT2D eigenvalue weighted by Crippen LogP contribution is -2.10. The van der Waals surface area contributed by atoms with Crippen LogP contribution in [0.25, 0.3) is 88.3 Å². The van der Waals surface area contributed by atoms with Crippen LogP contribution in [0.5, 0.6) is 0 Å². The van der Waals surface area contributed by atoms with Gasteiger partial charge in [-0.15, -0.1) is 0 Å². The van der Waals surface area contributed by atoms with Gasteiger partial charge in [0.05, 0.1) is 5.69 Å². The van der Waals surface area contributed by atoms with Gasteiger partial charge in [-0.2, -0.15) is 0 Å². The third kappa shape index (κ3) is 7.16. The molecule has 0 radical (unpaired) electrons. The van der Waals surface area contributed by atoms with E-state index in [4.69, 9.17) is 0 Å². The molecule has 0 bridgehead atoms. The second kappa shape index (κ2) is 16.7. The van der Waals surface area contributed by atoms with Gasteiger partial charge in [0.15, 0.2) is 0 Å². The van der Waals surface area contributed by atoms with E-state index in [0.717, 1.165) is 17.1 Å². The molecule has 0 aliphatic heterocycles. The molecule has 0 aromatic heterocycles. The Kier molecular flexibility index (Phi) is 9.97. The Balaban J connectivity index is 1.11. The van der Waals surface area contributed by atoms with Gasteiger partial charge in [-0.05, 0) is 113 Å². The Labute approximate surface area is 369 Å². The number of rotatable bonds is 9. The van der Waals surface area contributed by atoms with Crippen molar-refractivity contribution in [1.29, 1.82) is 0 Å². The molecule has 0 unspecified atom stereocenters. The lowest BCUT2D eigenvalue weighted by molar-refractivity contribution is 1.30. The summed E-state index contributed by atoms with van der Waals surface area (Å²) in [6.45, 7) is 0. The predicted octanol–water partition coefficient (Wildman–Crippen LogP) is 17.5. The molecule has 0 N–H and O–H groups in total. The van der Waals surface area contributed by atoms with E-state index in [9.17, 15) is 0 Å². The molecule has 11 aromatic carbocycles. The number of nitrogens with zero attached hydrogens (tertiary/aromatic N) is 1. The topological polar surface area (TPSA) is 3.24 Å². The molecule has 63 heavy (non-hydrogen) atoms. The summed E-state index contributed by atoms with van der Waals surface area (Å²) in [6, 6.07) is 94.7. The first kappa shape index (κ1) is 37.7. The highest BCUT2D eigenvalue weighted by molar-refractivity contribution is 6.10. The first-order chi connectivity index (χ1) is 31.3. The van der Waals surface area contributed by atoms with Gasteiger partial charge in [-0.1, -0.05) is 231 Å². The molecule has 0 atom stereocenters. The quantitative estimate of drug-likeness (QED) is 0.141. The lowest BCUT2D eigenvalue weighted by Gasteiger charge is -2.28. The average Bonchev–Trinajstić information content (AvgIpc) is 3.37. The molecule has 0 saturated heterocycles. The first-order valence-electron chi connectivity index (χ1n) is 21.7. The minimum atomic E-state index is 1.09. The van der Waals surface area contributed by atoms with Crippen LogP contribution in [0.4, 0.5) is 17.1 Å². The van der Waals surface area contributed by atoms with Crippen molar-refractivity contribution in [2.45, 2.75) is 0 Å². The number of hydrogen-bond donors (Lipinski definition) is 0. The maximum atomic E-state index is 2.42. The van der Waals surface area contributed by atoms with Gasteiger partial charge in [0.1, 0.15) is 0 Å². The van der Waals surface area contributed by atoms with Crippen LogP contribution in [0, 0.1) is 0 Å². The molecule has 0 spiro atoms. The van der Waals surface area contributed by atoms with E-state index < -0.39 is 0 Å². The zero-order chi connectivity index (χ0) is 42.0. The van der Waals surface area contributed by atoms with E-state index in [1.54, 1.807) is 0 Å². The van der Waals surface area contributed by atoms with Crippen molar-refractivity contribution < 1.29 is 0 Å². The van der Waals surface area contributed by atoms with Gasteiger partial charge in [-0.25, -0.2) is 0 Å². The molecular formula is C62H43N. The van der Waals surface area contributed by atoms with Gasteiger partial charge in [0, 0.05) is 16.8 Å². The molecule has 1 heteroatoms. The molecule has 0 heterocycles. The lowest BCUT2D eigenvalue weighted by atomic mass is 9.83. The number of benzene rings is 11. The molecule has 0 aliphatic carbocycles. The van der Waals surface area contributed by atoms with E-state index in [1.165, 1.54) is 88.3 Å². The fraction of sp³-hybridized carbons (Fsp3) is 0. The van der Waals surface area contributed by atoms with E-state index in [0.29, 0.717) is 0 Å². The van der Waals surface area contributed by atoms with E-state index in [-0.39, 0.29) is 0 Å². The highest BCUT2D eigenvalue weighted by atomic mass is 15.1. The van der Waals surface area contributed by atoms with E-state index in [1.807, 2.05) is 0 Å². The number of fused-ring (bicyclic) bond motifs is 2. The molecule has 1 nitrogen and oxygen atoms in total. The van der Waals surface area contributed by atoms with Crippen LogP contribution in [0.3, 0.4) is 0 Å². The fourth-order valence-corrected chi connectivity index (χ4v) is 9.34. The normalized spacial score (nSPS) is 11.2. The van der Waals surface area contributed by atoms with Crippen molar-refractivity contribution in [2.24, 2.45) is 0 Å². The van der Waals surface area contributed by atoms with E-state index >= 15 is 0 Å². The zero-order valence-corrected chi connectivity index (χ0v) is 34.8. The molecule has 0 amide bonds. The van der Waals surface area contributed by atoms with Crippen LogP contribution in [-0.2, 0) is 0 Å². The van der Waals surface area contributed by atoms with Crippen molar-refractivity contribution in [3.8, 4) is 66.8 Å². The fourth-order valence-electron chi connectivity index (χ4n) is 9.34. The van der Waals surface area contributed by atoms with Crippen LogP contribution in [-0.4, -0.2) is 0 Å². The molecule has 0 fully saturated rings. The van der Waals surface area contributed by atoms with Crippen molar-refractivity contribution in [1.82, 2.24) is 0 Å². The Bertz CT molecular complexity index is 3350. The van der Waals surface area contributed by atoms with Crippen LogP contribution >= 0.6 is 0 Å². The van der Waals surface area contributed by atoms with Crippen LogP contribution in [0.15, 0.2) is 261 Å². The van der Waals surface area contributed by atoms with Gasteiger partial charge in [0.25, 0.3) is 0 Å². The second-order valence-electron chi connectivity index (χ2n) is 16.0. The smallest absolute Gasteiger partial charge is 0.0540 e. The molecule has 296 valence electrons. The summed E-state index contributed by atoms with van der Waals surface area (Å²) in [6.07, 6.45) is 0. The standard InChI is InChI=1S/C62H43N/c1-4-18-44(19-5-1)45-34-38-50(39-35-45)63(51-40-36-49(37-41-51)53-31-16-25-47-24-10-11-26-52(47)53)61-43-42-57(56-28-13-14-29-58(56)61)60-33-17-32-55(48-22-8-3-9-23-48)62(60)59-30-15-12-27-54(59)46-20-6-2-7-21-46/h1-43H. The highest BCUT2D eigenvalue weighted by Gasteiger charge is 2.22. The molecule has 0 saturated carbocycles. The van der Waals surface area contributed by atoms with Crippen LogP contribution in [0.1, 0.15) is 0 Å². The Morgan fingerprint density at radius 1 is 0.206 bits per heavy atom. The molecular weight excluding hydrogens is 759 g/mol. The van der Waals surface area contributed by atoms with Crippen molar-refractivity contribution >= 4 is 38.6 Å². The van der Waals surface area contributed by atoms with Crippen LogP contribution < -0.4 is 4.90 Å².